The van der Waals surface area contributed by atoms with Crippen molar-refractivity contribution in [1.82, 2.24) is 19.8 Å². The van der Waals surface area contributed by atoms with Gasteiger partial charge in [-0.05, 0) is 11.5 Å². The van der Waals surface area contributed by atoms with Gasteiger partial charge in [0.1, 0.15) is 0 Å². The van der Waals surface area contributed by atoms with E-state index in [1.165, 1.54) is 11.5 Å². The van der Waals surface area contributed by atoms with Crippen LogP contribution in [-0.4, -0.2) is 41.0 Å². The van der Waals surface area contributed by atoms with Crippen LogP contribution in [0.25, 0.3) is 0 Å². The van der Waals surface area contributed by atoms with Crippen molar-refractivity contribution < 1.29 is 4.79 Å². The monoisotopic (exact) mass is 214 g/mol. The standard InChI is InChI=1S/C8H14N4OS/c1-12(2)8(13)3-4-9-5-7-6-14-11-10-7/h6,9H,3-5H2,1-2H3. The molecule has 0 unspecified atom stereocenters. The van der Waals surface area contributed by atoms with E-state index in [9.17, 15) is 4.79 Å². The molecule has 0 aliphatic rings. The summed E-state index contributed by atoms with van der Waals surface area (Å²) in [4.78, 5) is 12.8. The van der Waals surface area contributed by atoms with E-state index in [-0.39, 0.29) is 5.91 Å². The third kappa shape index (κ3) is 3.80. The molecular formula is C8H14N4OS. The van der Waals surface area contributed by atoms with Crippen LogP contribution in [0.5, 0.6) is 0 Å². The van der Waals surface area contributed by atoms with Gasteiger partial charge in [0.25, 0.3) is 0 Å². The van der Waals surface area contributed by atoms with Crippen LogP contribution in [0, 0.1) is 0 Å². The number of aromatic nitrogens is 2. The molecule has 0 saturated carbocycles. The molecular weight excluding hydrogens is 200 g/mol. The van der Waals surface area contributed by atoms with Crippen LogP contribution < -0.4 is 5.32 Å². The van der Waals surface area contributed by atoms with Crippen LogP contribution in [0.4, 0.5) is 0 Å². The van der Waals surface area contributed by atoms with Crippen molar-refractivity contribution in [3.05, 3.63) is 11.1 Å². The van der Waals surface area contributed by atoms with E-state index in [1.807, 2.05) is 5.38 Å². The smallest absolute Gasteiger partial charge is 0.223 e. The molecule has 0 aliphatic carbocycles. The average Bonchev–Trinajstić information content (AvgIpc) is 2.64. The number of hydrogen-bond acceptors (Lipinski definition) is 5. The van der Waals surface area contributed by atoms with Crippen molar-refractivity contribution in [2.45, 2.75) is 13.0 Å². The molecule has 1 aromatic heterocycles. The van der Waals surface area contributed by atoms with Crippen molar-refractivity contribution in [2.24, 2.45) is 0 Å². The Hall–Kier alpha value is -1.01. The first-order valence-electron chi connectivity index (χ1n) is 4.37. The highest BCUT2D eigenvalue weighted by molar-refractivity contribution is 7.03. The Bertz CT molecular complexity index is 273. The first-order chi connectivity index (χ1) is 6.70. The van der Waals surface area contributed by atoms with Gasteiger partial charge in [-0.15, -0.1) is 5.10 Å². The number of amides is 1. The highest BCUT2D eigenvalue weighted by Crippen LogP contribution is 1.95. The maximum atomic E-state index is 11.2. The molecule has 0 radical (unpaired) electrons. The topological polar surface area (TPSA) is 58.1 Å². The van der Waals surface area contributed by atoms with Gasteiger partial charge in [0.2, 0.25) is 5.91 Å². The summed E-state index contributed by atoms with van der Waals surface area (Å²) in [5.41, 5.74) is 0.923. The average molecular weight is 214 g/mol. The second-order valence-electron chi connectivity index (χ2n) is 3.11. The van der Waals surface area contributed by atoms with Gasteiger partial charge in [-0.25, -0.2) is 0 Å². The zero-order chi connectivity index (χ0) is 10.4. The summed E-state index contributed by atoms with van der Waals surface area (Å²) in [6, 6.07) is 0. The highest BCUT2D eigenvalue weighted by Gasteiger charge is 2.02. The van der Waals surface area contributed by atoms with E-state index in [2.05, 4.69) is 14.9 Å². The summed E-state index contributed by atoms with van der Waals surface area (Å²) in [6.07, 6.45) is 0.518. The van der Waals surface area contributed by atoms with E-state index in [0.29, 0.717) is 19.5 Å². The normalized spacial score (nSPS) is 10.1. The van der Waals surface area contributed by atoms with Crippen molar-refractivity contribution in [3.63, 3.8) is 0 Å². The first-order valence-corrected chi connectivity index (χ1v) is 5.20. The minimum Gasteiger partial charge on any atom is -0.349 e. The number of rotatable bonds is 5. The summed E-state index contributed by atoms with van der Waals surface area (Å²) in [5, 5.41) is 8.90. The lowest BCUT2D eigenvalue weighted by molar-refractivity contribution is -0.128. The molecule has 5 nitrogen and oxygen atoms in total. The number of hydrogen-bond donors (Lipinski definition) is 1. The summed E-state index contributed by atoms with van der Waals surface area (Å²) in [5.74, 6) is 0.133. The molecule has 1 N–H and O–H groups in total. The second-order valence-corrected chi connectivity index (χ2v) is 3.72. The molecule has 0 spiro atoms. The van der Waals surface area contributed by atoms with Gasteiger partial charge in [-0.2, -0.15) is 0 Å². The lowest BCUT2D eigenvalue weighted by atomic mass is 10.3. The summed E-state index contributed by atoms with van der Waals surface area (Å²) in [7, 11) is 3.51. The van der Waals surface area contributed by atoms with Gasteiger partial charge in [0.05, 0.1) is 5.69 Å². The van der Waals surface area contributed by atoms with Crippen LogP contribution >= 0.6 is 11.5 Å². The zero-order valence-electron chi connectivity index (χ0n) is 8.36. The van der Waals surface area contributed by atoms with E-state index >= 15 is 0 Å². The fourth-order valence-corrected chi connectivity index (χ4v) is 1.35. The zero-order valence-corrected chi connectivity index (χ0v) is 9.17. The Morgan fingerprint density at radius 3 is 3.00 bits per heavy atom. The minimum absolute atomic E-state index is 0.133. The molecule has 6 heteroatoms. The first kappa shape index (κ1) is 11.1. The number of nitrogens with one attached hydrogen (secondary N) is 1. The molecule has 0 bridgehead atoms. The Kier molecular flexibility index (Phi) is 4.48. The molecule has 0 aliphatic heterocycles. The Morgan fingerprint density at radius 2 is 2.43 bits per heavy atom. The molecule has 1 heterocycles. The molecule has 1 rings (SSSR count). The summed E-state index contributed by atoms with van der Waals surface area (Å²) < 4.78 is 3.74. The van der Waals surface area contributed by atoms with Gasteiger partial charge in [-0.1, -0.05) is 4.49 Å². The Balaban J connectivity index is 2.08. The fraction of sp³-hybridized carbons (Fsp3) is 0.625. The predicted molar refractivity (Wildman–Crippen MR) is 54.9 cm³/mol. The molecule has 14 heavy (non-hydrogen) atoms. The quantitative estimate of drug-likeness (QED) is 0.707. The minimum atomic E-state index is 0.133. The lowest BCUT2D eigenvalue weighted by Crippen LogP contribution is -2.26. The molecule has 0 saturated heterocycles. The van der Waals surface area contributed by atoms with Crippen LogP contribution in [0.3, 0.4) is 0 Å². The van der Waals surface area contributed by atoms with Crippen molar-refractivity contribution in [3.8, 4) is 0 Å². The summed E-state index contributed by atoms with van der Waals surface area (Å²) in [6.45, 7) is 1.35. The van der Waals surface area contributed by atoms with Crippen LogP contribution in [-0.2, 0) is 11.3 Å². The summed E-state index contributed by atoms with van der Waals surface area (Å²) >= 11 is 1.33. The van der Waals surface area contributed by atoms with Crippen molar-refractivity contribution in [2.75, 3.05) is 20.6 Å². The third-order valence-corrected chi connectivity index (χ3v) is 2.28. The van der Waals surface area contributed by atoms with Crippen molar-refractivity contribution >= 4 is 17.4 Å². The van der Waals surface area contributed by atoms with Crippen LogP contribution in [0.15, 0.2) is 5.38 Å². The molecule has 78 valence electrons. The van der Waals surface area contributed by atoms with E-state index in [4.69, 9.17) is 0 Å². The van der Waals surface area contributed by atoms with Crippen LogP contribution in [0.1, 0.15) is 12.1 Å². The van der Waals surface area contributed by atoms with E-state index < -0.39 is 0 Å². The van der Waals surface area contributed by atoms with Crippen LogP contribution in [0.2, 0.25) is 0 Å². The number of carbonyl (C=O) groups excluding carboxylic acids is 1. The van der Waals surface area contributed by atoms with E-state index in [1.54, 1.807) is 19.0 Å². The molecule has 1 aromatic rings. The highest BCUT2D eigenvalue weighted by atomic mass is 32.1. The Labute approximate surface area is 87.3 Å². The molecule has 0 aromatic carbocycles. The van der Waals surface area contributed by atoms with E-state index in [0.717, 1.165) is 5.69 Å². The number of carbonyl (C=O) groups is 1. The van der Waals surface area contributed by atoms with Gasteiger partial charge in [0.15, 0.2) is 0 Å². The SMILES string of the molecule is CN(C)C(=O)CCNCc1csnn1. The lowest BCUT2D eigenvalue weighted by Gasteiger charge is -2.09. The predicted octanol–water partition coefficient (Wildman–Crippen LogP) is 0.106. The van der Waals surface area contributed by atoms with Gasteiger partial charge in [-0.3, -0.25) is 4.79 Å². The third-order valence-electron chi connectivity index (χ3n) is 1.73. The fourth-order valence-electron chi connectivity index (χ4n) is 0.896. The molecule has 0 atom stereocenters. The van der Waals surface area contributed by atoms with Crippen molar-refractivity contribution in [1.29, 1.82) is 0 Å². The maximum Gasteiger partial charge on any atom is 0.223 e. The second kappa shape index (κ2) is 5.66. The Morgan fingerprint density at radius 1 is 1.64 bits per heavy atom. The number of nitrogens with zero attached hydrogens (tertiary/aromatic N) is 3. The molecule has 1 amide bonds. The van der Waals surface area contributed by atoms with Gasteiger partial charge in [0, 0.05) is 39.0 Å². The molecule has 0 fully saturated rings. The van der Waals surface area contributed by atoms with Gasteiger partial charge >= 0.3 is 0 Å². The maximum absolute atomic E-state index is 11.2. The largest absolute Gasteiger partial charge is 0.349 e. The van der Waals surface area contributed by atoms with Gasteiger partial charge < -0.3 is 10.2 Å².